The molecule has 0 bridgehead atoms. The first kappa shape index (κ1) is 21.4. The third kappa shape index (κ3) is 5.38. The van der Waals surface area contributed by atoms with Crippen LogP contribution in [0, 0.1) is 0 Å². The van der Waals surface area contributed by atoms with Crippen molar-refractivity contribution in [2.45, 2.75) is 58.8 Å². The molecule has 1 aliphatic rings. The number of halogens is 1. The number of fused-ring (bicyclic) bond motifs is 1. The monoisotopic (exact) mass is 458 g/mol. The number of ether oxygens (including phenoxy) is 1. The lowest BCUT2D eigenvalue weighted by molar-refractivity contribution is 0.0522. The molecule has 6 heteroatoms. The number of hydrogen-bond acceptors (Lipinski definition) is 3. The van der Waals surface area contributed by atoms with Gasteiger partial charge in [0, 0.05) is 23.6 Å². The first-order valence-electron chi connectivity index (χ1n) is 9.77. The number of hydrogen-bond donors (Lipinski definition) is 1. The quantitative estimate of drug-likeness (QED) is 0.698. The van der Waals surface area contributed by atoms with Crippen molar-refractivity contribution in [3.05, 3.63) is 69.2 Å². The molecule has 0 spiro atoms. The molecule has 0 saturated heterocycles. The summed E-state index contributed by atoms with van der Waals surface area (Å²) in [5.74, 6) is 0.00512. The molecule has 1 aliphatic heterocycles. The van der Waals surface area contributed by atoms with E-state index in [4.69, 9.17) is 4.74 Å². The van der Waals surface area contributed by atoms with E-state index in [1.54, 1.807) is 0 Å². The normalized spacial score (nSPS) is 16.2. The Morgan fingerprint density at radius 3 is 2.52 bits per heavy atom. The molecule has 0 fully saturated rings. The topological polar surface area (TPSA) is 58.6 Å². The van der Waals surface area contributed by atoms with Gasteiger partial charge in [0.2, 0.25) is 0 Å². The molecule has 1 heterocycles. The Bertz CT molecular complexity index is 921. The Morgan fingerprint density at radius 2 is 1.86 bits per heavy atom. The smallest absolute Gasteiger partial charge is 0.407 e. The summed E-state index contributed by atoms with van der Waals surface area (Å²) in [5, 5.41) is 2.74. The summed E-state index contributed by atoms with van der Waals surface area (Å²) in [5.41, 5.74) is 3.48. The van der Waals surface area contributed by atoms with Gasteiger partial charge in [-0.2, -0.15) is 0 Å². The summed E-state index contributed by atoms with van der Waals surface area (Å²) in [7, 11) is 0. The standard InChI is InChI=1S/C23H27BrN2O3/c1-15-11-17-7-5-6-8-18(17)14-26(15)21(27)19-10-9-16(12-20(19)24)13-25-22(28)29-23(2,3)4/h5-10,12,15H,11,13-14H2,1-4H3,(H,25,28)/t15-/m1/s1. The number of nitrogens with one attached hydrogen (secondary N) is 1. The molecule has 3 rings (SSSR count). The minimum atomic E-state index is -0.537. The van der Waals surface area contributed by atoms with Gasteiger partial charge in [0.05, 0.1) is 5.56 Å². The number of nitrogens with zero attached hydrogens (tertiary/aromatic N) is 1. The maximum atomic E-state index is 13.2. The Balaban J connectivity index is 1.68. The van der Waals surface area contributed by atoms with Crippen LogP contribution in [-0.2, 0) is 24.2 Å². The predicted molar refractivity (Wildman–Crippen MR) is 117 cm³/mol. The van der Waals surface area contributed by atoms with Crippen LogP contribution in [0.4, 0.5) is 4.79 Å². The molecule has 1 atom stereocenters. The number of benzene rings is 2. The van der Waals surface area contributed by atoms with E-state index < -0.39 is 11.7 Å². The van der Waals surface area contributed by atoms with Gasteiger partial charge in [0.25, 0.3) is 5.91 Å². The molecule has 2 amide bonds. The Labute approximate surface area is 180 Å². The van der Waals surface area contributed by atoms with Crippen molar-refractivity contribution in [3.63, 3.8) is 0 Å². The highest BCUT2D eigenvalue weighted by molar-refractivity contribution is 9.10. The first-order valence-corrected chi connectivity index (χ1v) is 10.6. The molecule has 0 unspecified atom stereocenters. The zero-order valence-corrected chi connectivity index (χ0v) is 18.9. The lowest BCUT2D eigenvalue weighted by atomic mass is 9.94. The molecule has 0 aliphatic carbocycles. The zero-order valence-electron chi connectivity index (χ0n) is 17.3. The van der Waals surface area contributed by atoms with E-state index in [-0.39, 0.29) is 11.9 Å². The minimum absolute atomic E-state index is 0.00512. The molecular formula is C23H27BrN2O3. The van der Waals surface area contributed by atoms with Gasteiger partial charge in [-0.3, -0.25) is 4.79 Å². The number of carbonyl (C=O) groups excluding carboxylic acids is 2. The third-order valence-electron chi connectivity index (χ3n) is 4.87. The summed E-state index contributed by atoms with van der Waals surface area (Å²) in [4.78, 5) is 26.9. The molecule has 2 aromatic rings. The fourth-order valence-corrected chi connectivity index (χ4v) is 4.03. The van der Waals surface area contributed by atoms with Crippen LogP contribution >= 0.6 is 15.9 Å². The van der Waals surface area contributed by atoms with Crippen LogP contribution in [0.25, 0.3) is 0 Å². The van der Waals surface area contributed by atoms with Crippen LogP contribution in [-0.4, -0.2) is 28.5 Å². The summed E-state index contributed by atoms with van der Waals surface area (Å²) < 4.78 is 5.97. The Hall–Kier alpha value is -2.34. The van der Waals surface area contributed by atoms with Crippen molar-refractivity contribution in [2.75, 3.05) is 0 Å². The number of carbonyl (C=O) groups is 2. The predicted octanol–water partition coefficient (Wildman–Crippen LogP) is 5.06. The van der Waals surface area contributed by atoms with Gasteiger partial charge in [-0.25, -0.2) is 4.79 Å². The molecule has 5 nitrogen and oxygen atoms in total. The average Bonchev–Trinajstić information content (AvgIpc) is 2.64. The molecule has 154 valence electrons. The lowest BCUT2D eigenvalue weighted by Gasteiger charge is -2.35. The number of rotatable bonds is 3. The maximum absolute atomic E-state index is 13.2. The molecule has 0 saturated carbocycles. The van der Waals surface area contributed by atoms with E-state index in [9.17, 15) is 9.59 Å². The van der Waals surface area contributed by atoms with Gasteiger partial charge in [-0.15, -0.1) is 0 Å². The highest BCUT2D eigenvalue weighted by Crippen LogP contribution is 2.27. The van der Waals surface area contributed by atoms with Crippen LogP contribution in [0.3, 0.4) is 0 Å². The van der Waals surface area contributed by atoms with Crippen molar-refractivity contribution in [3.8, 4) is 0 Å². The molecule has 1 N–H and O–H groups in total. The highest BCUT2D eigenvalue weighted by Gasteiger charge is 2.28. The molecule has 0 aromatic heterocycles. The van der Waals surface area contributed by atoms with Crippen LogP contribution in [0.5, 0.6) is 0 Å². The Morgan fingerprint density at radius 1 is 1.17 bits per heavy atom. The van der Waals surface area contributed by atoms with E-state index in [1.165, 1.54) is 11.1 Å². The summed E-state index contributed by atoms with van der Waals surface area (Å²) in [6.45, 7) is 8.50. The second kappa shape index (κ2) is 8.57. The van der Waals surface area contributed by atoms with Crippen LogP contribution in [0.15, 0.2) is 46.9 Å². The van der Waals surface area contributed by atoms with E-state index in [0.717, 1.165) is 16.5 Å². The largest absolute Gasteiger partial charge is 0.444 e. The second-order valence-corrected chi connectivity index (χ2v) is 9.28. The SMILES string of the molecule is C[C@@H]1Cc2ccccc2CN1C(=O)c1ccc(CNC(=O)OC(C)(C)C)cc1Br. The first-order chi connectivity index (χ1) is 13.6. The Kier molecular flexibility index (Phi) is 6.32. The molecule has 0 radical (unpaired) electrons. The fourth-order valence-electron chi connectivity index (χ4n) is 3.44. The molecular weight excluding hydrogens is 432 g/mol. The summed E-state index contributed by atoms with van der Waals surface area (Å²) >= 11 is 3.53. The molecule has 2 aromatic carbocycles. The second-order valence-electron chi connectivity index (χ2n) is 8.42. The minimum Gasteiger partial charge on any atom is -0.444 e. The number of amides is 2. The maximum Gasteiger partial charge on any atom is 0.407 e. The van der Waals surface area contributed by atoms with E-state index >= 15 is 0 Å². The van der Waals surface area contributed by atoms with Gasteiger partial charge in [-0.05, 0) is 78.9 Å². The highest BCUT2D eigenvalue weighted by atomic mass is 79.9. The third-order valence-corrected chi connectivity index (χ3v) is 5.52. The zero-order chi connectivity index (χ0) is 21.2. The van der Waals surface area contributed by atoms with Gasteiger partial charge in [0.15, 0.2) is 0 Å². The van der Waals surface area contributed by atoms with Gasteiger partial charge < -0.3 is 15.0 Å². The van der Waals surface area contributed by atoms with Crippen molar-refractivity contribution in [1.29, 1.82) is 0 Å². The van der Waals surface area contributed by atoms with Crippen LogP contribution in [0.1, 0.15) is 54.7 Å². The average molecular weight is 459 g/mol. The van der Waals surface area contributed by atoms with Gasteiger partial charge >= 0.3 is 6.09 Å². The van der Waals surface area contributed by atoms with E-state index in [1.807, 2.05) is 56.0 Å². The van der Waals surface area contributed by atoms with Gasteiger partial charge in [-0.1, -0.05) is 30.3 Å². The number of alkyl carbamates (subject to hydrolysis) is 1. The van der Waals surface area contributed by atoms with E-state index in [2.05, 4.69) is 40.3 Å². The van der Waals surface area contributed by atoms with E-state index in [0.29, 0.717) is 18.7 Å². The van der Waals surface area contributed by atoms with Gasteiger partial charge in [0.1, 0.15) is 5.60 Å². The van der Waals surface area contributed by atoms with Crippen molar-refractivity contribution in [1.82, 2.24) is 10.2 Å². The van der Waals surface area contributed by atoms with Crippen molar-refractivity contribution in [2.24, 2.45) is 0 Å². The fraction of sp³-hybridized carbons (Fsp3) is 0.391. The van der Waals surface area contributed by atoms with Crippen molar-refractivity contribution < 1.29 is 14.3 Å². The van der Waals surface area contributed by atoms with Crippen molar-refractivity contribution >= 4 is 27.9 Å². The lowest BCUT2D eigenvalue weighted by Crippen LogP contribution is -2.42. The molecule has 29 heavy (non-hydrogen) atoms. The van der Waals surface area contributed by atoms with Crippen LogP contribution in [0.2, 0.25) is 0 Å². The summed E-state index contributed by atoms with van der Waals surface area (Å²) in [6.07, 6.45) is 0.395. The summed E-state index contributed by atoms with van der Waals surface area (Å²) in [6, 6.07) is 14.0. The van der Waals surface area contributed by atoms with Crippen LogP contribution < -0.4 is 5.32 Å².